The van der Waals surface area contributed by atoms with Crippen LogP contribution in [0.1, 0.15) is 39.9 Å². The first-order valence-corrected chi connectivity index (χ1v) is 12.2. The molecule has 0 spiro atoms. The quantitative estimate of drug-likeness (QED) is 0.531. The molecule has 1 fully saturated rings. The Balaban J connectivity index is 1.90. The first-order valence-electron chi connectivity index (χ1n) is 12.2. The van der Waals surface area contributed by atoms with Crippen molar-refractivity contribution in [3.63, 3.8) is 0 Å². The number of aromatic carboxylic acids is 1. The predicted octanol–water partition coefficient (Wildman–Crippen LogP) is 3.55. The van der Waals surface area contributed by atoms with E-state index in [0.717, 1.165) is 13.1 Å². The summed E-state index contributed by atoms with van der Waals surface area (Å²) in [6.07, 6.45) is 1.60. The molecule has 2 aliphatic heterocycles. The number of pyridine rings is 1. The van der Waals surface area contributed by atoms with Gasteiger partial charge in [-0.25, -0.2) is 9.78 Å². The summed E-state index contributed by atoms with van der Waals surface area (Å²) in [5, 5.41) is 23.5. The van der Waals surface area contributed by atoms with Gasteiger partial charge in [0.05, 0.1) is 29.3 Å². The molecule has 5 rings (SSSR count). The van der Waals surface area contributed by atoms with E-state index in [4.69, 9.17) is 4.74 Å². The molecular formula is C28H27N5O4. The summed E-state index contributed by atoms with van der Waals surface area (Å²) in [6, 6.07) is 14.5. The van der Waals surface area contributed by atoms with Gasteiger partial charge in [0.25, 0.3) is 0 Å². The monoisotopic (exact) mass is 497 g/mol. The molecule has 2 aliphatic rings. The van der Waals surface area contributed by atoms with Gasteiger partial charge < -0.3 is 25.0 Å². The minimum Gasteiger partial charge on any atom is -0.478 e. The van der Waals surface area contributed by atoms with Crippen LogP contribution in [0.5, 0.6) is 5.88 Å². The number of nitrogens with one attached hydrogen (secondary N) is 1. The maximum absolute atomic E-state index is 13.4. The number of amides is 1. The van der Waals surface area contributed by atoms with E-state index in [9.17, 15) is 20.0 Å². The van der Waals surface area contributed by atoms with Crippen LogP contribution in [-0.2, 0) is 4.79 Å². The average Bonchev–Trinajstić information content (AvgIpc) is 3.24. The van der Waals surface area contributed by atoms with Crippen molar-refractivity contribution in [3.05, 3.63) is 70.9 Å². The number of nitriles is 1. The Morgan fingerprint density at radius 3 is 2.68 bits per heavy atom. The van der Waals surface area contributed by atoms with Crippen molar-refractivity contribution in [2.75, 3.05) is 50.1 Å². The van der Waals surface area contributed by atoms with Crippen molar-refractivity contribution in [1.29, 1.82) is 5.26 Å². The summed E-state index contributed by atoms with van der Waals surface area (Å²) in [7, 11) is 2.04. The van der Waals surface area contributed by atoms with Gasteiger partial charge >= 0.3 is 5.97 Å². The average molecular weight is 498 g/mol. The van der Waals surface area contributed by atoms with Crippen LogP contribution in [0, 0.1) is 11.3 Å². The Morgan fingerprint density at radius 2 is 1.97 bits per heavy atom. The molecule has 1 saturated heterocycles. The second-order valence-corrected chi connectivity index (χ2v) is 9.11. The Bertz CT molecular complexity index is 1420. The highest BCUT2D eigenvalue weighted by Gasteiger charge is 2.39. The number of carboxylic acids is 1. The van der Waals surface area contributed by atoms with Crippen molar-refractivity contribution in [2.24, 2.45) is 0 Å². The summed E-state index contributed by atoms with van der Waals surface area (Å²) in [5.41, 5.74) is 3.44. The second kappa shape index (κ2) is 9.91. The molecule has 9 heteroatoms. The second-order valence-electron chi connectivity index (χ2n) is 9.11. The number of hydrogen-bond acceptors (Lipinski definition) is 7. The lowest BCUT2D eigenvalue weighted by atomic mass is 9.81. The molecule has 2 N–H and O–H groups in total. The number of rotatable bonds is 6. The summed E-state index contributed by atoms with van der Waals surface area (Å²) >= 11 is 0. The van der Waals surface area contributed by atoms with E-state index in [2.05, 4.69) is 26.2 Å². The molecule has 37 heavy (non-hydrogen) atoms. The van der Waals surface area contributed by atoms with Gasteiger partial charge in [0.2, 0.25) is 11.8 Å². The number of benzene rings is 2. The smallest absolute Gasteiger partial charge is 0.336 e. The SMILES string of the molecule is CCOc1ncccc1-c1c(C2C(=O)Nc3ccccc32)c(C(=O)O)cc(C#N)c1N1CCN(C)CC1. The number of ether oxygens (including phenoxy) is 1. The van der Waals surface area contributed by atoms with Gasteiger partial charge in [0, 0.05) is 49.2 Å². The summed E-state index contributed by atoms with van der Waals surface area (Å²) in [6.45, 7) is 5.02. The van der Waals surface area contributed by atoms with E-state index in [1.54, 1.807) is 18.3 Å². The molecule has 1 amide bonds. The number of para-hydroxylation sites is 1. The molecule has 0 saturated carbocycles. The van der Waals surface area contributed by atoms with Gasteiger partial charge in [0.1, 0.15) is 6.07 Å². The van der Waals surface area contributed by atoms with E-state index in [-0.39, 0.29) is 17.0 Å². The zero-order valence-corrected chi connectivity index (χ0v) is 20.7. The predicted molar refractivity (Wildman–Crippen MR) is 139 cm³/mol. The number of piperazine rings is 1. The van der Waals surface area contributed by atoms with Crippen LogP contribution in [-0.4, -0.2) is 66.7 Å². The fourth-order valence-electron chi connectivity index (χ4n) is 5.21. The Morgan fingerprint density at radius 1 is 1.22 bits per heavy atom. The van der Waals surface area contributed by atoms with Gasteiger partial charge in [-0.05, 0) is 49.4 Å². The molecular weight excluding hydrogens is 470 g/mol. The molecule has 1 atom stereocenters. The highest BCUT2D eigenvalue weighted by atomic mass is 16.5. The maximum Gasteiger partial charge on any atom is 0.336 e. The molecule has 0 aliphatic carbocycles. The Labute approximate surface area is 214 Å². The first-order chi connectivity index (χ1) is 17.9. The van der Waals surface area contributed by atoms with Crippen molar-refractivity contribution >= 4 is 23.3 Å². The topological polar surface area (TPSA) is 119 Å². The normalized spacial score (nSPS) is 17.2. The number of likely N-dealkylation sites (N-methyl/N-ethyl adjacent to an activating group) is 1. The largest absolute Gasteiger partial charge is 0.478 e. The van der Waals surface area contributed by atoms with Crippen molar-refractivity contribution < 1.29 is 19.4 Å². The number of anilines is 2. The lowest BCUT2D eigenvalue weighted by Gasteiger charge is -2.37. The third-order valence-corrected chi connectivity index (χ3v) is 6.91. The summed E-state index contributed by atoms with van der Waals surface area (Å²) in [4.78, 5) is 34.9. The van der Waals surface area contributed by atoms with Crippen LogP contribution in [0.3, 0.4) is 0 Å². The number of fused-ring (bicyclic) bond motifs is 1. The van der Waals surface area contributed by atoms with Crippen LogP contribution in [0.15, 0.2) is 48.7 Å². The summed E-state index contributed by atoms with van der Waals surface area (Å²) in [5.74, 6) is -2.09. The molecule has 0 radical (unpaired) electrons. The number of carboxylic acid groups (broad SMARTS) is 1. The van der Waals surface area contributed by atoms with Gasteiger partial charge in [-0.3, -0.25) is 4.79 Å². The van der Waals surface area contributed by atoms with Gasteiger partial charge in [0.15, 0.2) is 0 Å². The molecule has 188 valence electrons. The molecule has 3 aromatic rings. The zero-order chi connectivity index (χ0) is 26.1. The van der Waals surface area contributed by atoms with E-state index in [1.165, 1.54) is 6.07 Å². The summed E-state index contributed by atoms with van der Waals surface area (Å²) < 4.78 is 5.87. The number of aromatic nitrogens is 1. The van der Waals surface area contributed by atoms with Crippen molar-refractivity contribution in [2.45, 2.75) is 12.8 Å². The molecule has 3 heterocycles. The molecule has 2 aromatic carbocycles. The fraction of sp³-hybridized carbons (Fsp3) is 0.286. The molecule has 1 unspecified atom stereocenters. The van der Waals surface area contributed by atoms with Gasteiger partial charge in [-0.1, -0.05) is 18.2 Å². The van der Waals surface area contributed by atoms with E-state index >= 15 is 0 Å². The highest BCUT2D eigenvalue weighted by Crippen LogP contribution is 2.49. The van der Waals surface area contributed by atoms with Crippen LogP contribution in [0.2, 0.25) is 0 Å². The number of carbonyl (C=O) groups excluding carboxylic acids is 1. The lowest BCUT2D eigenvalue weighted by molar-refractivity contribution is -0.116. The highest BCUT2D eigenvalue weighted by molar-refractivity contribution is 6.10. The molecule has 1 aromatic heterocycles. The van der Waals surface area contributed by atoms with Crippen LogP contribution in [0.25, 0.3) is 11.1 Å². The Hall–Kier alpha value is -4.42. The number of carbonyl (C=O) groups is 2. The Kier molecular flexibility index (Phi) is 6.51. The molecule has 9 nitrogen and oxygen atoms in total. The van der Waals surface area contributed by atoms with Crippen LogP contribution in [0.4, 0.5) is 11.4 Å². The van der Waals surface area contributed by atoms with Gasteiger partial charge in [-0.2, -0.15) is 5.26 Å². The minimum atomic E-state index is -1.21. The minimum absolute atomic E-state index is 0.0902. The van der Waals surface area contributed by atoms with E-state index < -0.39 is 11.9 Å². The third kappa shape index (κ3) is 4.26. The van der Waals surface area contributed by atoms with Crippen molar-refractivity contribution in [1.82, 2.24) is 9.88 Å². The van der Waals surface area contributed by atoms with E-state index in [0.29, 0.717) is 59.2 Å². The molecule has 0 bridgehead atoms. The van der Waals surface area contributed by atoms with Crippen LogP contribution >= 0.6 is 0 Å². The van der Waals surface area contributed by atoms with Crippen LogP contribution < -0.4 is 15.0 Å². The van der Waals surface area contributed by atoms with Gasteiger partial charge in [-0.15, -0.1) is 0 Å². The van der Waals surface area contributed by atoms with Crippen molar-refractivity contribution in [3.8, 4) is 23.1 Å². The number of nitrogens with zero attached hydrogens (tertiary/aromatic N) is 4. The third-order valence-electron chi connectivity index (χ3n) is 6.91. The lowest BCUT2D eigenvalue weighted by Crippen LogP contribution is -2.45. The van der Waals surface area contributed by atoms with E-state index in [1.807, 2.05) is 38.2 Å². The number of hydrogen-bond donors (Lipinski definition) is 2. The standard InChI is InChI=1S/C28H27N5O4/c1-3-37-27-19(8-6-10-30-27)23-22(24-18-7-4-5-9-21(18)31-26(24)34)20(28(35)36)15-17(16-29)25(23)33-13-11-32(2)12-14-33/h4-10,15,24H,3,11-14H2,1-2H3,(H,31,34)(H,35,36). The fourth-order valence-corrected chi connectivity index (χ4v) is 5.21. The maximum atomic E-state index is 13.4. The zero-order valence-electron chi connectivity index (χ0n) is 20.7. The first kappa shape index (κ1) is 24.3.